The Labute approximate surface area is 119 Å². The number of rotatable bonds is 4. The fourth-order valence-electron chi connectivity index (χ4n) is 1.44. The van der Waals surface area contributed by atoms with Crippen molar-refractivity contribution in [2.24, 2.45) is 4.99 Å². The maximum absolute atomic E-state index is 6.17. The van der Waals surface area contributed by atoms with Crippen LogP contribution in [0.5, 0.6) is 0 Å². The number of aliphatic imine (C=N–C) groups is 1. The molecule has 0 bridgehead atoms. The molecular weight excluding hydrogens is 265 g/mol. The van der Waals surface area contributed by atoms with Crippen LogP contribution in [-0.2, 0) is 0 Å². The van der Waals surface area contributed by atoms with Gasteiger partial charge in [0.15, 0.2) is 0 Å². The first-order valence-corrected chi connectivity index (χ1v) is 6.93. The van der Waals surface area contributed by atoms with Crippen molar-refractivity contribution in [3.8, 4) is 11.8 Å². The summed E-state index contributed by atoms with van der Waals surface area (Å²) in [6.45, 7) is 4.83. The van der Waals surface area contributed by atoms with Crippen molar-refractivity contribution in [2.45, 2.75) is 33.1 Å². The van der Waals surface area contributed by atoms with E-state index in [1.807, 2.05) is 19.1 Å². The van der Waals surface area contributed by atoms with Gasteiger partial charge < -0.3 is 0 Å². The number of hydrogen-bond acceptors (Lipinski definition) is 1. The number of unbranched alkanes of at least 4 members (excludes halogenated alkanes) is 2. The van der Waals surface area contributed by atoms with Crippen LogP contribution in [0.2, 0.25) is 10.0 Å². The molecule has 0 amide bonds. The summed E-state index contributed by atoms with van der Waals surface area (Å²) in [5, 5.41) is 1.22. The lowest BCUT2D eigenvalue weighted by Crippen LogP contribution is -1.99. The summed E-state index contributed by atoms with van der Waals surface area (Å²) in [7, 11) is 0. The third kappa shape index (κ3) is 4.72. The van der Waals surface area contributed by atoms with Gasteiger partial charge in [-0.1, -0.05) is 42.5 Å². The first-order chi connectivity index (χ1) is 8.69. The zero-order valence-corrected chi connectivity index (χ0v) is 12.3. The Hall–Kier alpha value is -0.970. The minimum atomic E-state index is 0.597. The number of halogens is 2. The van der Waals surface area contributed by atoms with Crippen LogP contribution in [0.3, 0.4) is 0 Å². The second kappa shape index (κ2) is 8.19. The minimum absolute atomic E-state index is 0.597. The van der Waals surface area contributed by atoms with Crippen molar-refractivity contribution in [1.82, 2.24) is 0 Å². The van der Waals surface area contributed by atoms with Gasteiger partial charge in [0.05, 0.1) is 5.02 Å². The molecule has 0 N–H and O–H groups in total. The summed E-state index contributed by atoms with van der Waals surface area (Å²) < 4.78 is 0. The standard InChI is InChI=1S/C15H17Cl2N/c1-3-5-6-7-8-15(18-4-2)13-10-9-12(16)11-14(13)17/h9-11H,3-6H2,1-2H3. The van der Waals surface area contributed by atoms with Gasteiger partial charge in [-0.3, -0.25) is 4.99 Å². The highest BCUT2D eigenvalue weighted by Gasteiger charge is 2.06. The van der Waals surface area contributed by atoms with E-state index in [0.29, 0.717) is 16.6 Å². The average molecular weight is 282 g/mol. The third-order valence-corrected chi connectivity index (χ3v) is 2.91. The van der Waals surface area contributed by atoms with E-state index in [9.17, 15) is 0 Å². The highest BCUT2D eigenvalue weighted by atomic mass is 35.5. The lowest BCUT2D eigenvalue weighted by atomic mass is 10.1. The van der Waals surface area contributed by atoms with Gasteiger partial charge in [-0.2, -0.15) is 0 Å². The summed E-state index contributed by atoms with van der Waals surface area (Å²) in [5.74, 6) is 6.24. The Balaban J connectivity index is 2.97. The molecule has 1 nitrogen and oxygen atoms in total. The summed E-state index contributed by atoms with van der Waals surface area (Å²) in [6, 6.07) is 5.40. The molecular formula is C15H17Cl2N. The van der Waals surface area contributed by atoms with Gasteiger partial charge in [-0.15, -0.1) is 0 Å². The largest absolute Gasteiger partial charge is 0.276 e. The first kappa shape index (κ1) is 15.1. The van der Waals surface area contributed by atoms with E-state index in [-0.39, 0.29) is 0 Å². The van der Waals surface area contributed by atoms with Gasteiger partial charge in [-0.25, -0.2) is 0 Å². The molecule has 0 aromatic heterocycles. The quantitative estimate of drug-likeness (QED) is 0.419. The van der Waals surface area contributed by atoms with E-state index in [1.54, 1.807) is 6.07 Å². The van der Waals surface area contributed by atoms with E-state index in [2.05, 4.69) is 23.8 Å². The zero-order valence-electron chi connectivity index (χ0n) is 10.8. The molecule has 0 radical (unpaired) electrons. The maximum Gasteiger partial charge on any atom is 0.116 e. The van der Waals surface area contributed by atoms with Crippen LogP contribution in [0.4, 0.5) is 0 Å². The van der Waals surface area contributed by atoms with Crippen LogP contribution in [0.25, 0.3) is 0 Å². The molecule has 1 aromatic carbocycles. The molecule has 0 heterocycles. The van der Waals surface area contributed by atoms with Gasteiger partial charge >= 0.3 is 0 Å². The molecule has 0 saturated carbocycles. The summed E-state index contributed by atoms with van der Waals surface area (Å²) in [4.78, 5) is 4.40. The van der Waals surface area contributed by atoms with Crippen molar-refractivity contribution >= 4 is 28.9 Å². The van der Waals surface area contributed by atoms with Crippen LogP contribution in [-0.4, -0.2) is 12.3 Å². The Morgan fingerprint density at radius 3 is 2.67 bits per heavy atom. The molecule has 0 atom stereocenters. The summed E-state index contributed by atoms with van der Waals surface area (Å²) >= 11 is 12.1. The zero-order chi connectivity index (χ0) is 13.4. The lowest BCUT2D eigenvalue weighted by molar-refractivity contribution is 0.828. The Morgan fingerprint density at radius 1 is 1.28 bits per heavy atom. The molecule has 0 aliphatic heterocycles. The monoisotopic (exact) mass is 281 g/mol. The van der Waals surface area contributed by atoms with E-state index >= 15 is 0 Å². The van der Waals surface area contributed by atoms with Crippen molar-refractivity contribution in [3.63, 3.8) is 0 Å². The molecule has 0 aliphatic rings. The number of nitrogens with zero attached hydrogens (tertiary/aromatic N) is 1. The highest BCUT2D eigenvalue weighted by Crippen LogP contribution is 2.21. The summed E-state index contributed by atoms with van der Waals surface area (Å²) in [6.07, 6.45) is 3.15. The second-order valence-electron chi connectivity index (χ2n) is 3.85. The molecule has 96 valence electrons. The van der Waals surface area contributed by atoms with Crippen molar-refractivity contribution in [3.05, 3.63) is 33.8 Å². The Morgan fingerprint density at radius 2 is 2.06 bits per heavy atom. The molecule has 18 heavy (non-hydrogen) atoms. The average Bonchev–Trinajstić information content (AvgIpc) is 2.34. The Bertz CT molecular complexity index is 481. The number of benzene rings is 1. The normalized spacial score (nSPS) is 11.0. The molecule has 0 saturated heterocycles. The number of hydrogen-bond donors (Lipinski definition) is 0. The SMILES string of the molecule is CCCCC#CC(=NCC)c1ccc(Cl)cc1Cl. The molecule has 0 unspecified atom stereocenters. The first-order valence-electron chi connectivity index (χ1n) is 6.17. The van der Waals surface area contributed by atoms with Crippen LogP contribution >= 0.6 is 23.2 Å². The van der Waals surface area contributed by atoms with Crippen LogP contribution in [0.15, 0.2) is 23.2 Å². The highest BCUT2D eigenvalue weighted by molar-refractivity contribution is 6.38. The van der Waals surface area contributed by atoms with Crippen LogP contribution < -0.4 is 0 Å². The van der Waals surface area contributed by atoms with E-state index in [0.717, 1.165) is 30.5 Å². The lowest BCUT2D eigenvalue weighted by Gasteiger charge is -2.03. The fraction of sp³-hybridized carbons (Fsp3) is 0.400. The van der Waals surface area contributed by atoms with Gasteiger partial charge in [0.25, 0.3) is 0 Å². The van der Waals surface area contributed by atoms with E-state index in [1.165, 1.54) is 0 Å². The third-order valence-electron chi connectivity index (χ3n) is 2.36. The van der Waals surface area contributed by atoms with Crippen LogP contribution in [0.1, 0.15) is 38.7 Å². The van der Waals surface area contributed by atoms with Crippen LogP contribution in [0, 0.1) is 11.8 Å². The van der Waals surface area contributed by atoms with Gasteiger partial charge in [0.1, 0.15) is 5.71 Å². The Kier molecular flexibility index (Phi) is 6.86. The van der Waals surface area contributed by atoms with Gasteiger partial charge in [0, 0.05) is 23.6 Å². The second-order valence-corrected chi connectivity index (χ2v) is 4.70. The molecule has 3 heteroatoms. The predicted octanol–water partition coefficient (Wildman–Crippen LogP) is 5.00. The molecule has 1 aromatic rings. The molecule has 0 spiro atoms. The topological polar surface area (TPSA) is 12.4 Å². The van der Waals surface area contributed by atoms with E-state index in [4.69, 9.17) is 23.2 Å². The van der Waals surface area contributed by atoms with Crippen molar-refractivity contribution in [2.75, 3.05) is 6.54 Å². The molecule has 0 aliphatic carbocycles. The molecule has 0 fully saturated rings. The fourth-order valence-corrected chi connectivity index (χ4v) is 1.94. The minimum Gasteiger partial charge on any atom is -0.276 e. The molecule has 1 rings (SSSR count). The summed E-state index contributed by atoms with van der Waals surface area (Å²) in [5.41, 5.74) is 1.60. The smallest absolute Gasteiger partial charge is 0.116 e. The predicted molar refractivity (Wildman–Crippen MR) is 80.8 cm³/mol. The maximum atomic E-state index is 6.17. The van der Waals surface area contributed by atoms with Crippen molar-refractivity contribution < 1.29 is 0 Å². The van der Waals surface area contributed by atoms with E-state index < -0.39 is 0 Å². The van der Waals surface area contributed by atoms with Gasteiger partial charge in [0.2, 0.25) is 0 Å². The van der Waals surface area contributed by atoms with Gasteiger partial charge in [-0.05, 0) is 37.5 Å². The van der Waals surface area contributed by atoms with Crippen molar-refractivity contribution in [1.29, 1.82) is 0 Å².